The molecule has 0 saturated heterocycles. The van der Waals surface area contributed by atoms with E-state index in [4.69, 9.17) is 14.6 Å². The van der Waals surface area contributed by atoms with Crippen molar-refractivity contribution in [1.29, 1.82) is 0 Å². The Balaban J connectivity index is 5.29. The van der Waals surface area contributed by atoms with Crippen LogP contribution in [0.2, 0.25) is 0 Å². The number of carbonyl (C=O) groups excluding carboxylic acids is 4. The minimum Gasteiger partial charge on any atom is -0.478 e. The summed E-state index contributed by atoms with van der Waals surface area (Å²) < 4.78 is 18.9. The van der Waals surface area contributed by atoms with Gasteiger partial charge in [0.05, 0.1) is 0 Å². The first kappa shape index (κ1) is 22.4. The number of ether oxygens (including phenoxy) is 4. The number of hydrogen-bond acceptors (Lipinski definition) is 9. The van der Waals surface area contributed by atoms with Gasteiger partial charge in [-0.05, 0) is 27.7 Å². The summed E-state index contributed by atoms with van der Waals surface area (Å²) in [6.45, 7) is 7.82. The molecule has 0 aromatic rings. The highest BCUT2D eigenvalue weighted by Gasteiger charge is 2.42. The van der Waals surface area contributed by atoms with Crippen LogP contribution in [0.15, 0.2) is 0 Å². The van der Waals surface area contributed by atoms with Gasteiger partial charge in [-0.25, -0.2) is 14.4 Å². The molecule has 0 aromatic heterocycles. The topological polar surface area (TPSA) is 142 Å². The van der Waals surface area contributed by atoms with Gasteiger partial charge in [0.1, 0.15) is 5.60 Å². The Morgan fingerprint density at radius 2 is 1.24 bits per heavy atom. The van der Waals surface area contributed by atoms with Gasteiger partial charge in [0.25, 0.3) is 0 Å². The number of hydrogen-bond donors (Lipinski definition) is 1. The highest BCUT2D eigenvalue weighted by Crippen LogP contribution is 2.13. The third-order valence-electron chi connectivity index (χ3n) is 2.37. The van der Waals surface area contributed by atoms with Crippen LogP contribution in [0.4, 0.5) is 0 Å². The quantitative estimate of drug-likeness (QED) is 0.493. The molecule has 1 N–H and O–H groups in total. The van der Waals surface area contributed by atoms with Crippen molar-refractivity contribution >= 4 is 29.8 Å². The van der Waals surface area contributed by atoms with Crippen molar-refractivity contribution in [2.75, 3.05) is 0 Å². The van der Waals surface area contributed by atoms with Gasteiger partial charge < -0.3 is 24.1 Å². The van der Waals surface area contributed by atoms with Crippen LogP contribution in [0, 0.1) is 0 Å². The van der Waals surface area contributed by atoms with Crippen LogP contribution in [-0.2, 0) is 42.9 Å². The predicted octanol–water partition coefficient (Wildman–Crippen LogP) is 0.208. The summed E-state index contributed by atoms with van der Waals surface area (Å²) >= 11 is 0. The maximum absolute atomic E-state index is 12.1. The van der Waals surface area contributed by atoms with Gasteiger partial charge in [0, 0.05) is 13.8 Å². The maximum atomic E-state index is 12.1. The van der Waals surface area contributed by atoms with Crippen LogP contribution in [0.5, 0.6) is 0 Å². The van der Waals surface area contributed by atoms with Crippen molar-refractivity contribution in [3.63, 3.8) is 0 Å². The van der Waals surface area contributed by atoms with E-state index >= 15 is 0 Å². The molecule has 0 spiro atoms. The summed E-state index contributed by atoms with van der Waals surface area (Å²) in [6, 6.07) is 0. The van der Waals surface area contributed by atoms with E-state index in [0.717, 1.165) is 13.8 Å². The molecule has 0 bridgehead atoms. The maximum Gasteiger partial charge on any atom is 0.352 e. The Kier molecular flexibility index (Phi) is 8.04. The molecular weight excluding hydrogens is 340 g/mol. The van der Waals surface area contributed by atoms with Gasteiger partial charge in [-0.3, -0.25) is 9.59 Å². The highest BCUT2D eigenvalue weighted by molar-refractivity contribution is 5.89. The number of rotatable bonds is 7. The summed E-state index contributed by atoms with van der Waals surface area (Å²) in [7, 11) is 0. The van der Waals surface area contributed by atoms with E-state index in [1.807, 2.05) is 0 Å². The molecule has 0 aliphatic carbocycles. The molecular formula is C15H22O10. The summed E-state index contributed by atoms with van der Waals surface area (Å²) in [5.41, 5.74) is -0.839. The first-order valence-corrected chi connectivity index (χ1v) is 7.25. The molecule has 0 amide bonds. The molecule has 0 radical (unpaired) electrons. The molecule has 25 heavy (non-hydrogen) atoms. The second kappa shape index (κ2) is 9.00. The van der Waals surface area contributed by atoms with Gasteiger partial charge in [-0.2, -0.15) is 0 Å². The highest BCUT2D eigenvalue weighted by atomic mass is 16.6. The zero-order chi connectivity index (χ0) is 19.9. The SMILES string of the molecule is CC(=O)O[C@@H](C(=O)O)[C@@H](OC(C)=O)C(=O)O[C@@H](C)C(=O)OC(C)(C)C. The smallest absolute Gasteiger partial charge is 0.352 e. The lowest BCUT2D eigenvalue weighted by Crippen LogP contribution is -2.47. The molecule has 10 heteroatoms. The fourth-order valence-corrected chi connectivity index (χ4v) is 1.51. The number of carbonyl (C=O) groups is 5. The van der Waals surface area contributed by atoms with E-state index in [1.165, 1.54) is 6.92 Å². The van der Waals surface area contributed by atoms with Crippen LogP contribution in [0.3, 0.4) is 0 Å². The van der Waals surface area contributed by atoms with Gasteiger partial charge in [0.2, 0.25) is 12.2 Å². The third kappa shape index (κ3) is 8.68. The molecule has 0 heterocycles. The Bertz CT molecular complexity index is 545. The average molecular weight is 362 g/mol. The Labute approximate surface area is 144 Å². The minimum absolute atomic E-state index is 0.839. The number of aliphatic carboxylic acids is 1. The van der Waals surface area contributed by atoms with E-state index in [2.05, 4.69) is 9.47 Å². The molecule has 0 fully saturated rings. The fourth-order valence-electron chi connectivity index (χ4n) is 1.51. The Morgan fingerprint density at radius 3 is 1.60 bits per heavy atom. The molecule has 3 atom stereocenters. The third-order valence-corrected chi connectivity index (χ3v) is 2.37. The van der Waals surface area contributed by atoms with E-state index in [9.17, 15) is 24.0 Å². The van der Waals surface area contributed by atoms with Gasteiger partial charge in [-0.15, -0.1) is 0 Å². The minimum atomic E-state index is -2.13. The number of carboxylic acids is 1. The zero-order valence-corrected chi connectivity index (χ0v) is 14.9. The van der Waals surface area contributed by atoms with Crippen molar-refractivity contribution in [2.24, 2.45) is 0 Å². The molecule has 0 aliphatic rings. The van der Waals surface area contributed by atoms with Crippen molar-refractivity contribution in [2.45, 2.75) is 65.5 Å². The second-order valence-corrected chi connectivity index (χ2v) is 6.01. The largest absolute Gasteiger partial charge is 0.478 e. The first-order valence-electron chi connectivity index (χ1n) is 7.25. The van der Waals surface area contributed by atoms with Crippen LogP contribution < -0.4 is 0 Å². The van der Waals surface area contributed by atoms with Crippen molar-refractivity contribution in [1.82, 2.24) is 0 Å². The average Bonchev–Trinajstić information content (AvgIpc) is 2.39. The van der Waals surface area contributed by atoms with Crippen LogP contribution in [-0.4, -0.2) is 58.9 Å². The van der Waals surface area contributed by atoms with E-state index < -0.39 is 53.8 Å². The van der Waals surface area contributed by atoms with Crippen LogP contribution >= 0.6 is 0 Å². The molecule has 142 valence electrons. The van der Waals surface area contributed by atoms with E-state index in [1.54, 1.807) is 20.8 Å². The monoisotopic (exact) mass is 362 g/mol. The standard InChI is InChI=1S/C15H22O10/c1-7(13(20)25-15(4,5)6)22-14(21)11(24-9(3)17)10(12(18)19)23-8(2)16/h7,10-11H,1-6H3,(H,18,19)/t7-,10+,11+/m0/s1. The van der Waals surface area contributed by atoms with Gasteiger partial charge in [-0.1, -0.05) is 0 Å². The van der Waals surface area contributed by atoms with E-state index in [-0.39, 0.29) is 0 Å². The van der Waals surface area contributed by atoms with Crippen molar-refractivity contribution < 1.29 is 48.0 Å². The molecule has 0 aliphatic heterocycles. The summed E-state index contributed by atoms with van der Waals surface area (Å²) in [6.07, 6.45) is -5.61. The lowest BCUT2D eigenvalue weighted by molar-refractivity contribution is -0.194. The fraction of sp³-hybridized carbons (Fsp3) is 0.667. The van der Waals surface area contributed by atoms with Crippen LogP contribution in [0.1, 0.15) is 41.5 Å². The zero-order valence-electron chi connectivity index (χ0n) is 14.9. The molecule has 0 unspecified atom stereocenters. The van der Waals surface area contributed by atoms with Gasteiger partial charge >= 0.3 is 29.8 Å². The van der Waals surface area contributed by atoms with E-state index in [0.29, 0.717) is 0 Å². The summed E-state index contributed by atoms with van der Waals surface area (Å²) in [5.74, 6) is -6.02. The second-order valence-electron chi connectivity index (χ2n) is 6.01. The summed E-state index contributed by atoms with van der Waals surface area (Å²) in [4.78, 5) is 57.3. The Hall–Kier alpha value is -2.65. The molecule has 10 nitrogen and oxygen atoms in total. The van der Waals surface area contributed by atoms with Crippen LogP contribution in [0.25, 0.3) is 0 Å². The predicted molar refractivity (Wildman–Crippen MR) is 80.1 cm³/mol. The number of esters is 4. The number of carboxylic acid groups (broad SMARTS) is 1. The lowest BCUT2D eigenvalue weighted by Gasteiger charge is -2.25. The van der Waals surface area contributed by atoms with Gasteiger partial charge in [0.15, 0.2) is 6.10 Å². The molecule has 0 aromatic carbocycles. The molecule has 0 saturated carbocycles. The molecule has 0 rings (SSSR count). The Morgan fingerprint density at radius 1 is 0.800 bits per heavy atom. The van der Waals surface area contributed by atoms with Crippen molar-refractivity contribution in [3.8, 4) is 0 Å². The summed E-state index contributed by atoms with van der Waals surface area (Å²) in [5, 5.41) is 9.08. The van der Waals surface area contributed by atoms with Crippen molar-refractivity contribution in [3.05, 3.63) is 0 Å². The normalized spacial score (nSPS) is 14.5. The first-order chi connectivity index (χ1) is 11.2. The lowest BCUT2D eigenvalue weighted by atomic mass is 10.2.